The van der Waals surface area contributed by atoms with Crippen LogP contribution in [0, 0.1) is 12.3 Å². The maximum atomic E-state index is 12.5. The molecular formula is C17H24N2O3. The van der Waals surface area contributed by atoms with E-state index in [1.807, 2.05) is 24.0 Å². The second kappa shape index (κ2) is 6.34. The van der Waals surface area contributed by atoms with Gasteiger partial charge in [0.1, 0.15) is 5.69 Å². The van der Waals surface area contributed by atoms with Crippen molar-refractivity contribution in [3.8, 4) is 0 Å². The van der Waals surface area contributed by atoms with Crippen LogP contribution in [-0.2, 0) is 9.47 Å². The quantitative estimate of drug-likeness (QED) is 0.857. The maximum absolute atomic E-state index is 12.5. The van der Waals surface area contributed by atoms with E-state index >= 15 is 0 Å². The molecule has 0 radical (unpaired) electrons. The molecule has 0 saturated carbocycles. The van der Waals surface area contributed by atoms with Gasteiger partial charge in [-0.15, -0.1) is 0 Å². The Morgan fingerprint density at radius 3 is 2.91 bits per heavy atom. The Balaban J connectivity index is 1.59. The Bertz CT molecular complexity index is 538. The van der Waals surface area contributed by atoms with Crippen LogP contribution in [0.15, 0.2) is 18.2 Å². The first-order valence-electron chi connectivity index (χ1n) is 7.95. The molecule has 2 aliphatic rings. The molecule has 0 unspecified atom stereocenters. The number of aromatic nitrogens is 1. The van der Waals surface area contributed by atoms with Gasteiger partial charge in [-0.25, -0.2) is 4.98 Å². The minimum atomic E-state index is 0.0471. The SMILES string of the molecule is COC[C@H]1CC2(CCN(C(=O)c3cccc(C)n3)CC2)CO1. The van der Waals surface area contributed by atoms with Crippen molar-refractivity contribution in [1.82, 2.24) is 9.88 Å². The van der Waals surface area contributed by atoms with Crippen molar-refractivity contribution in [3.05, 3.63) is 29.6 Å². The zero-order valence-electron chi connectivity index (χ0n) is 13.4. The average Bonchev–Trinajstić information content (AvgIpc) is 2.90. The number of hydrogen-bond donors (Lipinski definition) is 0. The van der Waals surface area contributed by atoms with E-state index in [9.17, 15) is 4.79 Å². The summed E-state index contributed by atoms with van der Waals surface area (Å²) in [6.45, 7) is 4.95. The lowest BCUT2D eigenvalue weighted by Gasteiger charge is -2.38. The van der Waals surface area contributed by atoms with Crippen LogP contribution in [0.1, 0.15) is 35.4 Å². The number of amides is 1. The number of ether oxygens (including phenoxy) is 2. The summed E-state index contributed by atoms with van der Waals surface area (Å²) in [4.78, 5) is 18.8. The van der Waals surface area contributed by atoms with Crippen molar-refractivity contribution in [2.75, 3.05) is 33.4 Å². The van der Waals surface area contributed by atoms with Crippen molar-refractivity contribution in [2.24, 2.45) is 5.41 Å². The summed E-state index contributed by atoms with van der Waals surface area (Å²) < 4.78 is 11.0. The normalized spacial score (nSPS) is 23.9. The Hall–Kier alpha value is -1.46. The number of carbonyl (C=O) groups excluding carboxylic acids is 1. The van der Waals surface area contributed by atoms with Gasteiger partial charge in [0.15, 0.2) is 0 Å². The first-order chi connectivity index (χ1) is 10.6. The Morgan fingerprint density at radius 2 is 2.23 bits per heavy atom. The lowest BCUT2D eigenvalue weighted by atomic mass is 9.76. The van der Waals surface area contributed by atoms with Gasteiger partial charge in [0.2, 0.25) is 0 Å². The molecule has 5 heteroatoms. The largest absolute Gasteiger partial charge is 0.382 e. The summed E-state index contributed by atoms with van der Waals surface area (Å²) in [5.74, 6) is 0.0471. The van der Waals surface area contributed by atoms with Gasteiger partial charge < -0.3 is 14.4 Å². The van der Waals surface area contributed by atoms with Gasteiger partial charge >= 0.3 is 0 Å². The molecule has 2 saturated heterocycles. The molecule has 2 aliphatic heterocycles. The van der Waals surface area contributed by atoms with Crippen LogP contribution in [-0.4, -0.2) is 55.3 Å². The third-order valence-electron chi connectivity index (χ3n) is 4.86. The topological polar surface area (TPSA) is 51.7 Å². The molecule has 2 fully saturated rings. The average molecular weight is 304 g/mol. The van der Waals surface area contributed by atoms with Gasteiger partial charge in [-0.1, -0.05) is 6.07 Å². The summed E-state index contributed by atoms with van der Waals surface area (Å²) in [6.07, 6.45) is 3.27. The number of pyridine rings is 1. The molecule has 0 aromatic carbocycles. The van der Waals surface area contributed by atoms with E-state index in [4.69, 9.17) is 9.47 Å². The van der Waals surface area contributed by atoms with Crippen LogP contribution in [0.25, 0.3) is 0 Å². The zero-order valence-corrected chi connectivity index (χ0v) is 13.4. The van der Waals surface area contributed by atoms with Gasteiger partial charge in [0, 0.05) is 25.9 Å². The Labute approximate surface area is 131 Å². The highest BCUT2D eigenvalue weighted by molar-refractivity contribution is 5.92. The number of piperidine rings is 1. The number of nitrogens with zero attached hydrogens (tertiary/aromatic N) is 2. The molecule has 0 bridgehead atoms. The molecule has 0 N–H and O–H groups in total. The van der Waals surface area contributed by atoms with Gasteiger partial charge in [-0.3, -0.25) is 4.79 Å². The van der Waals surface area contributed by atoms with Crippen LogP contribution < -0.4 is 0 Å². The molecule has 1 spiro atoms. The van der Waals surface area contributed by atoms with E-state index in [0.717, 1.165) is 44.7 Å². The van der Waals surface area contributed by atoms with Crippen molar-refractivity contribution in [2.45, 2.75) is 32.3 Å². The molecule has 1 aromatic heterocycles. The van der Waals surface area contributed by atoms with Crippen molar-refractivity contribution in [1.29, 1.82) is 0 Å². The zero-order chi connectivity index (χ0) is 15.6. The lowest BCUT2D eigenvalue weighted by molar-refractivity contribution is 0.0280. The van der Waals surface area contributed by atoms with Gasteiger partial charge in [-0.2, -0.15) is 0 Å². The molecule has 1 atom stereocenters. The van der Waals surface area contributed by atoms with E-state index in [2.05, 4.69) is 4.98 Å². The molecule has 22 heavy (non-hydrogen) atoms. The maximum Gasteiger partial charge on any atom is 0.272 e. The fraction of sp³-hybridized carbons (Fsp3) is 0.647. The van der Waals surface area contributed by atoms with Crippen molar-refractivity contribution >= 4 is 5.91 Å². The number of aryl methyl sites for hydroxylation is 1. The second-order valence-electron chi connectivity index (χ2n) is 6.55. The third-order valence-corrected chi connectivity index (χ3v) is 4.86. The molecule has 120 valence electrons. The monoisotopic (exact) mass is 304 g/mol. The Morgan fingerprint density at radius 1 is 1.45 bits per heavy atom. The highest BCUT2D eigenvalue weighted by Gasteiger charge is 2.43. The number of carbonyl (C=O) groups is 1. The van der Waals surface area contributed by atoms with Crippen LogP contribution >= 0.6 is 0 Å². The molecule has 3 rings (SSSR count). The molecule has 1 amide bonds. The van der Waals surface area contributed by atoms with Crippen LogP contribution in [0.5, 0.6) is 0 Å². The Kier molecular flexibility index (Phi) is 4.45. The number of hydrogen-bond acceptors (Lipinski definition) is 4. The summed E-state index contributed by atoms with van der Waals surface area (Å²) in [6, 6.07) is 5.60. The van der Waals surface area contributed by atoms with Crippen LogP contribution in [0.2, 0.25) is 0 Å². The van der Waals surface area contributed by atoms with E-state index in [1.54, 1.807) is 13.2 Å². The molecular weight excluding hydrogens is 280 g/mol. The molecule has 3 heterocycles. The van der Waals surface area contributed by atoms with Gasteiger partial charge in [-0.05, 0) is 43.7 Å². The van der Waals surface area contributed by atoms with Crippen molar-refractivity contribution in [3.63, 3.8) is 0 Å². The highest BCUT2D eigenvalue weighted by atomic mass is 16.5. The molecule has 1 aromatic rings. The van der Waals surface area contributed by atoms with E-state index in [0.29, 0.717) is 12.3 Å². The smallest absolute Gasteiger partial charge is 0.272 e. The number of rotatable bonds is 3. The van der Waals surface area contributed by atoms with Crippen molar-refractivity contribution < 1.29 is 14.3 Å². The predicted octanol–water partition coefficient (Wildman–Crippen LogP) is 2.05. The second-order valence-corrected chi connectivity index (χ2v) is 6.55. The third kappa shape index (κ3) is 3.15. The standard InChI is InChI=1S/C17H24N2O3/c1-13-4-3-5-15(18-13)16(20)19-8-6-17(7-9-19)10-14(11-21-2)22-12-17/h3-5,14H,6-12H2,1-2H3/t14-/m1/s1. The van der Waals surface area contributed by atoms with Crippen LogP contribution in [0.3, 0.4) is 0 Å². The first kappa shape index (κ1) is 15.4. The molecule has 0 aliphatic carbocycles. The minimum absolute atomic E-state index is 0.0471. The van der Waals surface area contributed by atoms with Gasteiger partial charge in [0.25, 0.3) is 5.91 Å². The summed E-state index contributed by atoms with van der Waals surface area (Å²) in [5.41, 5.74) is 1.67. The highest BCUT2D eigenvalue weighted by Crippen LogP contribution is 2.42. The number of methoxy groups -OCH3 is 1. The fourth-order valence-corrected chi connectivity index (χ4v) is 3.55. The summed E-state index contributed by atoms with van der Waals surface area (Å²) in [7, 11) is 1.71. The number of likely N-dealkylation sites (tertiary alicyclic amines) is 1. The summed E-state index contributed by atoms with van der Waals surface area (Å²) >= 11 is 0. The van der Waals surface area contributed by atoms with E-state index in [-0.39, 0.29) is 17.4 Å². The van der Waals surface area contributed by atoms with E-state index in [1.165, 1.54) is 0 Å². The predicted molar refractivity (Wildman–Crippen MR) is 82.8 cm³/mol. The van der Waals surface area contributed by atoms with Gasteiger partial charge in [0.05, 0.1) is 19.3 Å². The first-order valence-corrected chi connectivity index (χ1v) is 7.95. The lowest BCUT2D eigenvalue weighted by Crippen LogP contribution is -2.43. The minimum Gasteiger partial charge on any atom is -0.382 e. The fourth-order valence-electron chi connectivity index (χ4n) is 3.55. The summed E-state index contributed by atoms with van der Waals surface area (Å²) in [5, 5.41) is 0. The van der Waals surface area contributed by atoms with E-state index < -0.39 is 0 Å². The van der Waals surface area contributed by atoms with Crippen LogP contribution in [0.4, 0.5) is 0 Å². The molecule has 5 nitrogen and oxygen atoms in total.